The van der Waals surface area contributed by atoms with E-state index in [1.54, 1.807) is 18.2 Å². The first-order chi connectivity index (χ1) is 7.08. The average Bonchev–Trinajstić information content (AvgIpc) is 2.27. The van der Waals surface area contributed by atoms with Gasteiger partial charge in [-0.25, -0.2) is 0 Å². The Morgan fingerprint density at radius 3 is 1.93 bits per heavy atom. The van der Waals surface area contributed by atoms with Gasteiger partial charge in [0.25, 0.3) is 0 Å². The van der Waals surface area contributed by atoms with Crippen molar-refractivity contribution in [3.05, 3.63) is 23.8 Å². The van der Waals surface area contributed by atoms with Crippen LogP contribution in [0.15, 0.2) is 18.2 Å². The molecule has 0 unspecified atom stereocenters. The second-order valence-corrected chi connectivity index (χ2v) is 3.86. The molecule has 0 aliphatic rings. The van der Waals surface area contributed by atoms with E-state index in [1.165, 1.54) is 14.2 Å². The molecule has 0 radical (unpaired) electrons. The van der Waals surface area contributed by atoms with E-state index in [-0.39, 0.29) is 5.78 Å². The van der Waals surface area contributed by atoms with Crippen LogP contribution in [-0.2, 0) is 0 Å². The van der Waals surface area contributed by atoms with Gasteiger partial charge in [0.15, 0.2) is 10.6 Å². The predicted octanol–water partition coefficient (Wildman–Crippen LogP) is 2.69. The molecule has 0 amide bonds. The summed E-state index contributed by atoms with van der Waals surface area (Å²) in [6, 6.07) is 4.78. The standard InChI is InChI=1S/C10H10Cl2O3/c1-14-7-3-6(9(13)10(11)12)4-8(5-7)15-2/h3-5,10H,1-2H3. The summed E-state index contributed by atoms with van der Waals surface area (Å²) in [4.78, 5) is 10.4. The number of hydrogen-bond acceptors (Lipinski definition) is 3. The number of methoxy groups -OCH3 is 2. The molecule has 15 heavy (non-hydrogen) atoms. The first-order valence-electron chi connectivity index (χ1n) is 4.14. The lowest BCUT2D eigenvalue weighted by atomic mass is 10.1. The minimum absolute atomic E-state index is 0.362. The van der Waals surface area contributed by atoms with Crippen LogP contribution in [-0.4, -0.2) is 24.8 Å². The zero-order chi connectivity index (χ0) is 11.4. The molecule has 1 aromatic rings. The zero-order valence-corrected chi connectivity index (χ0v) is 9.80. The summed E-state index contributed by atoms with van der Waals surface area (Å²) < 4.78 is 10.0. The van der Waals surface area contributed by atoms with Crippen LogP contribution in [0.5, 0.6) is 11.5 Å². The Bertz CT molecular complexity index is 341. The molecule has 0 aromatic heterocycles. The molecule has 3 nitrogen and oxygen atoms in total. The molecule has 0 N–H and O–H groups in total. The number of rotatable bonds is 4. The number of ketones is 1. The van der Waals surface area contributed by atoms with Crippen LogP contribution >= 0.6 is 23.2 Å². The summed E-state index contributed by atoms with van der Waals surface area (Å²) in [6.45, 7) is 0. The summed E-state index contributed by atoms with van der Waals surface area (Å²) in [5, 5.41) is 0. The number of Topliss-reactive ketones (excluding diaryl/α,β-unsaturated/α-hetero) is 1. The van der Waals surface area contributed by atoms with E-state index < -0.39 is 4.84 Å². The van der Waals surface area contributed by atoms with Crippen LogP contribution < -0.4 is 9.47 Å². The molecule has 0 fully saturated rings. The number of ether oxygens (including phenoxy) is 2. The van der Waals surface area contributed by atoms with Crippen molar-refractivity contribution in [2.24, 2.45) is 0 Å². The third-order valence-corrected chi connectivity index (χ3v) is 2.23. The molecular formula is C10H10Cl2O3. The predicted molar refractivity (Wildman–Crippen MR) is 59.4 cm³/mol. The van der Waals surface area contributed by atoms with E-state index in [0.29, 0.717) is 17.1 Å². The van der Waals surface area contributed by atoms with Gasteiger partial charge in [0.05, 0.1) is 14.2 Å². The van der Waals surface area contributed by atoms with E-state index >= 15 is 0 Å². The Balaban J connectivity index is 3.12. The van der Waals surface area contributed by atoms with Gasteiger partial charge in [-0.05, 0) is 12.1 Å². The highest BCUT2D eigenvalue weighted by Crippen LogP contribution is 2.24. The number of alkyl halides is 2. The molecule has 1 rings (SSSR count). The van der Waals surface area contributed by atoms with Crippen molar-refractivity contribution >= 4 is 29.0 Å². The Hall–Kier alpha value is -0.930. The molecule has 0 saturated carbocycles. The van der Waals surface area contributed by atoms with Crippen molar-refractivity contribution in [1.29, 1.82) is 0 Å². The lowest BCUT2D eigenvalue weighted by Gasteiger charge is -2.07. The number of carbonyl (C=O) groups is 1. The van der Waals surface area contributed by atoms with E-state index in [9.17, 15) is 4.79 Å². The maximum atomic E-state index is 11.5. The molecule has 0 bridgehead atoms. The van der Waals surface area contributed by atoms with E-state index in [2.05, 4.69) is 0 Å². The van der Waals surface area contributed by atoms with Crippen LogP contribution in [0.2, 0.25) is 0 Å². The molecule has 0 spiro atoms. The summed E-state index contributed by atoms with van der Waals surface area (Å²) in [5.74, 6) is 0.661. The maximum absolute atomic E-state index is 11.5. The summed E-state index contributed by atoms with van der Waals surface area (Å²) >= 11 is 11.0. The summed E-state index contributed by atoms with van der Waals surface area (Å²) in [5.41, 5.74) is 0.362. The van der Waals surface area contributed by atoms with Gasteiger partial charge >= 0.3 is 0 Å². The smallest absolute Gasteiger partial charge is 0.195 e. The van der Waals surface area contributed by atoms with E-state index in [4.69, 9.17) is 32.7 Å². The van der Waals surface area contributed by atoms with Gasteiger partial charge in [0, 0.05) is 11.6 Å². The fourth-order valence-electron chi connectivity index (χ4n) is 1.08. The van der Waals surface area contributed by atoms with Crippen LogP contribution in [0.25, 0.3) is 0 Å². The van der Waals surface area contributed by atoms with Gasteiger partial charge in [-0.2, -0.15) is 0 Å². The SMILES string of the molecule is COc1cc(OC)cc(C(=O)C(Cl)Cl)c1. The molecular weight excluding hydrogens is 239 g/mol. The quantitative estimate of drug-likeness (QED) is 0.607. The molecule has 0 atom stereocenters. The molecule has 0 heterocycles. The van der Waals surface area contributed by atoms with Crippen molar-refractivity contribution in [3.8, 4) is 11.5 Å². The van der Waals surface area contributed by atoms with Gasteiger partial charge < -0.3 is 9.47 Å². The third-order valence-electron chi connectivity index (χ3n) is 1.83. The first-order valence-corrected chi connectivity index (χ1v) is 5.01. The van der Waals surface area contributed by atoms with Crippen molar-refractivity contribution < 1.29 is 14.3 Å². The molecule has 0 saturated heterocycles. The minimum Gasteiger partial charge on any atom is -0.497 e. The fourth-order valence-corrected chi connectivity index (χ4v) is 1.33. The zero-order valence-electron chi connectivity index (χ0n) is 8.29. The van der Waals surface area contributed by atoms with Gasteiger partial charge in [0.1, 0.15) is 11.5 Å². The molecule has 0 aliphatic heterocycles. The Labute approximate surface area is 97.9 Å². The monoisotopic (exact) mass is 248 g/mol. The van der Waals surface area contributed by atoms with Crippen molar-refractivity contribution in [3.63, 3.8) is 0 Å². The fraction of sp³-hybridized carbons (Fsp3) is 0.300. The Kier molecular flexibility index (Phi) is 4.24. The molecule has 82 valence electrons. The lowest BCUT2D eigenvalue weighted by Crippen LogP contribution is -2.08. The average molecular weight is 249 g/mol. The van der Waals surface area contributed by atoms with Crippen LogP contribution in [0, 0.1) is 0 Å². The van der Waals surface area contributed by atoms with Crippen molar-refractivity contribution in [2.75, 3.05) is 14.2 Å². The van der Waals surface area contributed by atoms with Gasteiger partial charge in [-0.3, -0.25) is 4.79 Å². The Morgan fingerprint density at radius 2 is 1.60 bits per heavy atom. The number of benzene rings is 1. The summed E-state index contributed by atoms with van der Waals surface area (Å²) in [7, 11) is 3.00. The topological polar surface area (TPSA) is 35.5 Å². The van der Waals surface area contributed by atoms with E-state index in [0.717, 1.165) is 0 Å². The highest BCUT2D eigenvalue weighted by molar-refractivity contribution is 6.55. The van der Waals surface area contributed by atoms with Crippen LogP contribution in [0.3, 0.4) is 0 Å². The van der Waals surface area contributed by atoms with Crippen LogP contribution in [0.1, 0.15) is 10.4 Å². The van der Waals surface area contributed by atoms with Gasteiger partial charge in [-0.15, -0.1) is 0 Å². The number of hydrogen-bond donors (Lipinski definition) is 0. The number of halogens is 2. The van der Waals surface area contributed by atoms with Gasteiger partial charge in [-0.1, -0.05) is 23.2 Å². The van der Waals surface area contributed by atoms with Crippen molar-refractivity contribution in [2.45, 2.75) is 4.84 Å². The first kappa shape index (κ1) is 12.1. The van der Waals surface area contributed by atoms with Gasteiger partial charge in [0.2, 0.25) is 0 Å². The Morgan fingerprint density at radius 1 is 1.13 bits per heavy atom. The highest BCUT2D eigenvalue weighted by Gasteiger charge is 2.16. The normalized spacial score (nSPS) is 10.2. The summed E-state index contributed by atoms with van der Waals surface area (Å²) in [6.07, 6.45) is 0. The van der Waals surface area contributed by atoms with Crippen LogP contribution in [0.4, 0.5) is 0 Å². The number of carbonyl (C=O) groups excluding carboxylic acids is 1. The highest BCUT2D eigenvalue weighted by atomic mass is 35.5. The van der Waals surface area contributed by atoms with E-state index in [1.807, 2.05) is 0 Å². The molecule has 0 aliphatic carbocycles. The second kappa shape index (κ2) is 5.24. The van der Waals surface area contributed by atoms with Crippen molar-refractivity contribution in [1.82, 2.24) is 0 Å². The second-order valence-electron chi connectivity index (χ2n) is 2.77. The lowest BCUT2D eigenvalue weighted by molar-refractivity contribution is 0.101. The molecule has 1 aromatic carbocycles. The largest absolute Gasteiger partial charge is 0.497 e. The third kappa shape index (κ3) is 3.01. The maximum Gasteiger partial charge on any atom is 0.195 e. The minimum atomic E-state index is -1.08. The molecule has 5 heteroatoms.